The predicted molar refractivity (Wildman–Crippen MR) is 70.4 cm³/mol. The van der Waals surface area contributed by atoms with Crippen molar-refractivity contribution in [2.75, 3.05) is 7.11 Å². The maximum absolute atomic E-state index is 5.80. The molecule has 4 fully saturated rings. The Kier molecular flexibility index (Phi) is 2.36. The first-order valence-electron chi connectivity index (χ1n) is 6.98. The lowest BCUT2D eigenvalue weighted by Crippen LogP contribution is -2.57. The van der Waals surface area contributed by atoms with Crippen LogP contribution in [0.15, 0.2) is 0 Å². The summed E-state index contributed by atoms with van der Waals surface area (Å²) < 4.78 is 5.80. The third-order valence-electron chi connectivity index (χ3n) is 6.05. The van der Waals surface area contributed by atoms with Gasteiger partial charge in [-0.2, -0.15) is 0 Å². The molecule has 5 atom stereocenters. The maximum atomic E-state index is 5.80. The molecule has 0 aromatic rings. The molecule has 0 aromatic carbocycles. The molecule has 4 aliphatic rings. The molecule has 4 bridgehead atoms. The van der Waals surface area contributed by atoms with E-state index in [0.717, 1.165) is 22.8 Å². The summed E-state index contributed by atoms with van der Waals surface area (Å²) in [4.78, 5) is 0. The second-order valence-electron chi connectivity index (χ2n) is 7.70. The standard InChI is InChI=1S/C14H26OSi/c1-15-13-11-5-10-6-12(13)9-14(7-10,8-11)16(2,3)4/h10-13H,5-9H2,1-4H3/t10?,11-,12+,13?,14?/i15+2. The molecule has 3 unspecified atom stereocenters. The SMILES string of the molecule is C[18O]C1[C@@H]2CC3C[C@H]1CC([Si](C)(C)C)(C3)C2. The van der Waals surface area contributed by atoms with Gasteiger partial charge in [-0.1, -0.05) is 19.6 Å². The van der Waals surface area contributed by atoms with Gasteiger partial charge in [-0.05, 0) is 54.9 Å². The van der Waals surface area contributed by atoms with Gasteiger partial charge in [-0.15, -0.1) is 0 Å². The molecule has 0 aliphatic heterocycles. The van der Waals surface area contributed by atoms with Crippen molar-refractivity contribution in [2.24, 2.45) is 17.8 Å². The van der Waals surface area contributed by atoms with Crippen LogP contribution >= 0.6 is 0 Å². The van der Waals surface area contributed by atoms with Crippen molar-refractivity contribution in [3.8, 4) is 0 Å². The van der Waals surface area contributed by atoms with Gasteiger partial charge in [0.25, 0.3) is 0 Å². The molecule has 0 radical (unpaired) electrons. The van der Waals surface area contributed by atoms with E-state index in [0.29, 0.717) is 6.10 Å². The molecule has 4 aliphatic carbocycles. The Hall–Kier alpha value is 0.177. The van der Waals surface area contributed by atoms with Gasteiger partial charge in [-0.3, -0.25) is 0 Å². The Balaban J connectivity index is 1.92. The van der Waals surface area contributed by atoms with E-state index in [9.17, 15) is 0 Å². The number of methoxy groups -OCH3 is 1. The molecule has 16 heavy (non-hydrogen) atoms. The first-order valence-corrected chi connectivity index (χ1v) is 10.5. The monoisotopic (exact) mass is 240 g/mol. The van der Waals surface area contributed by atoms with Crippen molar-refractivity contribution in [3.63, 3.8) is 0 Å². The third-order valence-corrected chi connectivity index (χ3v) is 9.84. The van der Waals surface area contributed by atoms with E-state index >= 15 is 0 Å². The van der Waals surface area contributed by atoms with E-state index < -0.39 is 8.07 Å². The van der Waals surface area contributed by atoms with Crippen LogP contribution in [0.4, 0.5) is 0 Å². The minimum atomic E-state index is -1.01. The van der Waals surface area contributed by atoms with E-state index in [1.807, 2.05) is 7.11 Å². The van der Waals surface area contributed by atoms with E-state index in [4.69, 9.17) is 4.74 Å². The van der Waals surface area contributed by atoms with Crippen LogP contribution in [0.1, 0.15) is 32.1 Å². The van der Waals surface area contributed by atoms with Crippen molar-refractivity contribution in [1.29, 1.82) is 0 Å². The molecule has 4 saturated carbocycles. The molecule has 4 rings (SSSR count). The van der Waals surface area contributed by atoms with Gasteiger partial charge in [0.15, 0.2) is 0 Å². The fourth-order valence-electron chi connectivity index (χ4n) is 5.28. The van der Waals surface area contributed by atoms with Crippen molar-refractivity contribution in [1.82, 2.24) is 0 Å². The van der Waals surface area contributed by atoms with E-state index in [1.54, 1.807) is 6.42 Å². The van der Waals surface area contributed by atoms with Crippen LogP contribution in [0.2, 0.25) is 24.7 Å². The molecule has 0 aromatic heterocycles. The van der Waals surface area contributed by atoms with Crippen LogP contribution < -0.4 is 0 Å². The van der Waals surface area contributed by atoms with Crippen LogP contribution in [0.3, 0.4) is 0 Å². The van der Waals surface area contributed by atoms with E-state index in [-0.39, 0.29) is 0 Å². The molecule has 2 heteroatoms. The lowest BCUT2D eigenvalue weighted by atomic mass is 9.54. The summed E-state index contributed by atoms with van der Waals surface area (Å²) in [5.74, 6) is 2.86. The summed E-state index contributed by atoms with van der Waals surface area (Å²) in [6.45, 7) is 7.80. The van der Waals surface area contributed by atoms with Gasteiger partial charge in [-0.25, -0.2) is 0 Å². The Morgan fingerprint density at radius 3 is 2.00 bits per heavy atom. The normalized spacial score (nSPS) is 51.0. The fourth-order valence-corrected chi connectivity index (χ4v) is 7.93. The lowest BCUT2D eigenvalue weighted by molar-refractivity contribution is -0.107. The summed E-state index contributed by atoms with van der Waals surface area (Å²) in [6, 6.07) is 0. The minimum absolute atomic E-state index is 0.612. The molecule has 1 nitrogen and oxygen atoms in total. The Labute approximate surface area is 101 Å². The maximum Gasteiger partial charge on any atom is 0.0628 e. The summed E-state index contributed by atoms with van der Waals surface area (Å²) in [6.07, 6.45) is 8.11. The van der Waals surface area contributed by atoms with Crippen LogP contribution in [-0.4, -0.2) is 21.3 Å². The highest BCUT2D eigenvalue weighted by Crippen LogP contribution is 2.67. The summed E-state index contributed by atoms with van der Waals surface area (Å²) in [7, 11) is 0.932. The molecular weight excluding hydrogens is 214 g/mol. The molecular formula is C14H26OSi. The summed E-state index contributed by atoms with van der Waals surface area (Å²) >= 11 is 0. The number of hydrogen-bond donors (Lipinski definition) is 0. The number of rotatable bonds is 2. The Morgan fingerprint density at radius 1 is 1.00 bits per heavy atom. The predicted octanol–water partition coefficient (Wildman–Crippen LogP) is 3.92. The first-order chi connectivity index (χ1) is 7.45. The third kappa shape index (κ3) is 1.38. The largest absolute Gasteiger partial charge is 0.381 e. The van der Waals surface area contributed by atoms with Crippen LogP contribution in [-0.2, 0) is 4.74 Å². The van der Waals surface area contributed by atoms with Crippen molar-refractivity contribution in [3.05, 3.63) is 0 Å². The second-order valence-corrected chi connectivity index (χ2v) is 13.3. The quantitative estimate of drug-likeness (QED) is 0.525. The van der Waals surface area contributed by atoms with Crippen LogP contribution in [0, 0.1) is 17.8 Å². The van der Waals surface area contributed by atoms with Crippen molar-refractivity contribution < 1.29 is 4.74 Å². The highest BCUT2D eigenvalue weighted by Gasteiger charge is 2.59. The molecule has 0 amide bonds. The van der Waals surface area contributed by atoms with Crippen LogP contribution in [0.5, 0.6) is 0 Å². The Bertz CT molecular complexity index is 278. The summed E-state index contributed by atoms with van der Waals surface area (Å²) in [5.41, 5.74) is 0. The Morgan fingerprint density at radius 2 is 1.56 bits per heavy atom. The highest BCUT2D eigenvalue weighted by atomic mass is 28.3. The van der Waals surface area contributed by atoms with Gasteiger partial charge in [0.2, 0.25) is 0 Å². The topological polar surface area (TPSA) is 9.23 Å². The van der Waals surface area contributed by atoms with Gasteiger partial charge in [0.05, 0.1) is 14.2 Å². The van der Waals surface area contributed by atoms with Crippen LogP contribution in [0.25, 0.3) is 0 Å². The number of hydrogen-bond acceptors (Lipinski definition) is 1. The highest BCUT2D eigenvalue weighted by molar-refractivity contribution is 6.79. The smallest absolute Gasteiger partial charge is 0.0628 e. The summed E-state index contributed by atoms with van der Waals surface area (Å²) in [5, 5.41) is 0.776. The zero-order chi connectivity index (χ0) is 11.6. The van der Waals surface area contributed by atoms with Gasteiger partial charge in [0.1, 0.15) is 0 Å². The average Bonchev–Trinajstić information content (AvgIpc) is 2.14. The van der Waals surface area contributed by atoms with Crippen molar-refractivity contribution in [2.45, 2.75) is 62.9 Å². The van der Waals surface area contributed by atoms with E-state index in [2.05, 4.69) is 19.6 Å². The van der Waals surface area contributed by atoms with Gasteiger partial charge >= 0.3 is 0 Å². The zero-order valence-electron chi connectivity index (χ0n) is 11.3. The first kappa shape index (κ1) is 11.3. The van der Waals surface area contributed by atoms with Gasteiger partial charge < -0.3 is 4.74 Å². The minimum Gasteiger partial charge on any atom is -0.381 e. The average molecular weight is 240 g/mol. The molecule has 0 heterocycles. The van der Waals surface area contributed by atoms with Crippen molar-refractivity contribution >= 4 is 8.07 Å². The molecule has 0 spiro atoms. The second kappa shape index (κ2) is 3.35. The molecule has 0 saturated heterocycles. The number of ether oxygens (including phenoxy) is 1. The van der Waals surface area contributed by atoms with E-state index in [1.165, 1.54) is 25.7 Å². The van der Waals surface area contributed by atoms with Gasteiger partial charge in [0, 0.05) is 7.11 Å². The lowest BCUT2D eigenvalue weighted by Gasteiger charge is -2.63. The zero-order valence-corrected chi connectivity index (χ0v) is 12.3. The molecule has 92 valence electrons. The molecule has 0 N–H and O–H groups in total. The fraction of sp³-hybridized carbons (Fsp3) is 1.00.